The van der Waals surface area contributed by atoms with E-state index in [1.807, 2.05) is 4.68 Å². The number of anilines is 2. The molecule has 0 saturated carbocycles. The van der Waals surface area contributed by atoms with Gasteiger partial charge in [0.25, 0.3) is 0 Å². The molecule has 2 rings (SSSR count). The fourth-order valence-electron chi connectivity index (χ4n) is 1.04. The van der Waals surface area contributed by atoms with E-state index >= 15 is 0 Å². The lowest BCUT2D eigenvalue weighted by Crippen LogP contribution is -1.95. The van der Waals surface area contributed by atoms with E-state index in [9.17, 15) is 0 Å². The molecule has 5 N–H and O–H groups in total. The van der Waals surface area contributed by atoms with Crippen LogP contribution in [0, 0.1) is 0 Å². The normalized spacial score (nSPS) is 13.9. The van der Waals surface area contributed by atoms with Crippen molar-refractivity contribution in [2.45, 2.75) is 6.54 Å². The van der Waals surface area contributed by atoms with Crippen LogP contribution in [-0.2, 0) is 16.9 Å². The summed E-state index contributed by atoms with van der Waals surface area (Å²) in [5.74, 6) is 0.968. The number of rotatable bonds is 0. The summed E-state index contributed by atoms with van der Waals surface area (Å²) in [7, 11) is -4.67. The Hall–Kier alpha value is -1.32. The van der Waals surface area contributed by atoms with Gasteiger partial charge in [0.05, 0.1) is 18.4 Å². The van der Waals surface area contributed by atoms with E-state index < -0.39 is 10.4 Å². The number of fused-ring (bicyclic) bond motifs is 1. The molecule has 8 nitrogen and oxygen atoms in total. The maximum atomic E-state index is 8.74. The fourth-order valence-corrected chi connectivity index (χ4v) is 1.04. The van der Waals surface area contributed by atoms with Crippen LogP contribution >= 0.6 is 0 Å². The Balaban J connectivity index is 0.000000171. The first kappa shape index (κ1) is 10.8. The summed E-state index contributed by atoms with van der Waals surface area (Å²) in [4.78, 5) is 0. The predicted octanol–water partition coefficient (Wildman–Crippen LogP) is -0.762. The van der Waals surface area contributed by atoms with Crippen molar-refractivity contribution >= 4 is 21.9 Å². The van der Waals surface area contributed by atoms with E-state index in [1.54, 1.807) is 6.20 Å². The monoisotopic (exact) mass is 222 g/mol. The van der Waals surface area contributed by atoms with Crippen molar-refractivity contribution in [1.29, 1.82) is 0 Å². The summed E-state index contributed by atoms with van der Waals surface area (Å²) in [6.07, 6.45) is 1.67. The highest BCUT2D eigenvalue weighted by Crippen LogP contribution is 2.20. The Morgan fingerprint density at radius 1 is 1.57 bits per heavy atom. The molecule has 0 aliphatic carbocycles. The third-order valence-electron chi connectivity index (χ3n) is 1.48. The minimum absolute atomic E-state index is 0.743. The molecule has 2 heterocycles. The van der Waals surface area contributed by atoms with Crippen LogP contribution in [0.1, 0.15) is 0 Å². The number of hydrogen-bond donors (Lipinski definition) is 4. The average molecular weight is 222 g/mol. The smallest absolute Gasteiger partial charge is 0.394 e. The average Bonchev–Trinajstić information content (AvgIpc) is 2.52. The molecule has 14 heavy (non-hydrogen) atoms. The van der Waals surface area contributed by atoms with E-state index in [0.29, 0.717) is 0 Å². The zero-order valence-corrected chi connectivity index (χ0v) is 7.90. The van der Waals surface area contributed by atoms with Gasteiger partial charge in [-0.15, -0.1) is 0 Å². The van der Waals surface area contributed by atoms with Gasteiger partial charge in [0, 0.05) is 6.54 Å². The van der Waals surface area contributed by atoms with Gasteiger partial charge in [-0.2, -0.15) is 13.5 Å². The first-order chi connectivity index (χ1) is 6.38. The SMILES string of the molecule is Nc1cnn2c1NCC2.O=S(=O)(O)O. The van der Waals surface area contributed by atoms with Crippen molar-refractivity contribution in [3.63, 3.8) is 0 Å². The standard InChI is InChI=1S/C5H8N4.H2O4S/c6-4-3-8-9-2-1-7-5(4)9;1-5(2,3)4/h3,7H,1-2,6H2;(H2,1,2,3,4). The van der Waals surface area contributed by atoms with E-state index in [1.165, 1.54) is 0 Å². The molecule has 1 aliphatic heterocycles. The van der Waals surface area contributed by atoms with Crippen molar-refractivity contribution in [2.75, 3.05) is 17.6 Å². The highest BCUT2D eigenvalue weighted by Gasteiger charge is 2.11. The van der Waals surface area contributed by atoms with Gasteiger partial charge in [-0.05, 0) is 0 Å². The van der Waals surface area contributed by atoms with E-state index in [0.717, 1.165) is 24.6 Å². The second kappa shape index (κ2) is 3.82. The zero-order chi connectivity index (χ0) is 10.8. The van der Waals surface area contributed by atoms with Crippen molar-refractivity contribution in [3.05, 3.63) is 6.20 Å². The number of nitrogens with one attached hydrogen (secondary N) is 1. The predicted molar refractivity (Wildman–Crippen MR) is 49.3 cm³/mol. The number of nitrogen functional groups attached to an aromatic ring is 1. The molecule has 1 aromatic heterocycles. The summed E-state index contributed by atoms with van der Waals surface area (Å²) >= 11 is 0. The second-order valence-corrected chi connectivity index (χ2v) is 3.44. The molecule has 0 spiro atoms. The summed E-state index contributed by atoms with van der Waals surface area (Å²) in [6, 6.07) is 0. The van der Waals surface area contributed by atoms with Crippen LogP contribution in [0.4, 0.5) is 11.5 Å². The molecule has 1 aromatic rings. The number of hydrogen-bond acceptors (Lipinski definition) is 5. The van der Waals surface area contributed by atoms with Gasteiger partial charge in [0.1, 0.15) is 5.82 Å². The minimum atomic E-state index is -4.67. The van der Waals surface area contributed by atoms with E-state index in [2.05, 4.69) is 10.4 Å². The maximum absolute atomic E-state index is 8.74. The van der Waals surface area contributed by atoms with Crippen LogP contribution in [0.15, 0.2) is 6.20 Å². The maximum Gasteiger partial charge on any atom is 0.394 e. The molecule has 9 heteroatoms. The Bertz CT molecular complexity index is 403. The topological polar surface area (TPSA) is 130 Å². The third-order valence-corrected chi connectivity index (χ3v) is 1.48. The summed E-state index contributed by atoms with van der Waals surface area (Å²) in [5.41, 5.74) is 6.29. The van der Waals surface area contributed by atoms with Gasteiger partial charge in [0.2, 0.25) is 0 Å². The lowest BCUT2D eigenvalue weighted by atomic mass is 10.5. The molecular weight excluding hydrogens is 212 g/mol. The molecule has 0 amide bonds. The minimum Gasteiger partial charge on any atom is -0.394 e. The molecule has 0 radical (unpaired) electrons. The molecule has 1 aliphatic rings. The van der Waals surface area contributed by atoms with Crippen LogP contribution in [-0.4, -0.2) is 33.8 Å². The van der Waals surface area contributed by atoms with Crippen molar-refractivity contribution in [1.82, 2.24) is 9.78 Å². The van der Waals surface area contributed by atoms with Crippen LogP contribution in [0.5, 0.6) is 0 Å². The summed E-state index contributed by atoms with van der Waals surface area (Å²) < 4.78 is 33.5. The summed E-state index contributed by atoms with van der Waals surface area (Å²) in [6.45, 7) is 1.89. The Morgan fingerprint density at radius 2 is 2.14 bits per heavy atom. The van der Waals surface area contributed by atoms with Gasteiger partial charge >= 0.3 is 10.4 Å². The molecule has 0 unspecified atom stereocenters. The Morgan fingerprint density at radius 3 is 2.64 bits per heavy atom. The van der Waals surface area contributed by atoms with Crippen LogP contribution in [0.2, 0.25) is 0 Å². The van der Waals surface area contributed by atoms with Crippen molar-refractivity contribution in [3.8, 4) is 0 Å². The lowest BCUT2D eigenvalue weighted by molar-refractivity contribution is 0.381. The Labute approximate surface area is 80.3 Å². The van der Waals surface area contributed by atoms with Crippen molar-refractivity contribution < 1.29 is 17.5 Å². The number of aromatic nitrogens is 2. The van der Waals surface area contributed by atoms with Gasteiger partial charge in [-0.3, -0.25) is 9.11 Å². The lowest BCUT2D eigenvalue weighted by Gasteiger charge is -1.91. The quantitative estimate of drug-likeness (QED) is 0.424. The highest BCUT2D eigenvalue weighted by atomic mass is 32.3. The highest BCUT2D eigenvalue weighted by molar-refractivity contribution is 7.79. The van der Waals surface area contributed by atoms with E-state index in [-0.39, 0.29) is 0 Å². The van der Waals surface area contributed by atoms with Gasteiger partial charge in [-0.25, -0.2) is 4.68 Å². The molecule has 0 bridgehead atoms. The molecule has 0 saturated heterocycles. The zero-order valence-electron chi connectivity index (χ0n) is 7.08. The van der Waals surface area contributed by atoms with Gasteiger partial charge < -0.3 is 11.1 Å². The first-order valence-corrected chi connectivity index (χ1v) is 5.02. The third kappa shape index (κ3) is 3.20. The molecule has 0 aromatic carbocycles. The van der Waals surface area contributed by atoms with Crippen LogP contribution in [0.3, 0.4) is 0 Å². The first-order valence-electron chi connectivity index (χ1n) is 3.63. The second-order valence-electron chi connectivity index (χ2n) is 2.55. The molecule has 80 valence electrons. The fraction of sp³-hybridized carbons (Fsp3) is 0.400. The van der Waals surface area contributed by atoms with Crippen molar-refractivity contribution in [2.24, 2.45) is 0 Å². The van der Waals surface area contributed by atoms with Crippen LogP contribution < -0.4 is 11.1 Å². The molecule has 0 atom stereocenters. The van der Waals surface area contributed by atoms with Gasteiger partial charge in [0.15, 0.2) is 0 Å². The van der Waals surface area contributed by atoms with E-state index in [4.69, 9.17) is 23.3 Å². The molecule has 0 fully saturated rings. The number of nitrogens with zero attached hydrogens (tertiary/aromatic N) is 2. The summed E-state index contributed by atoms with van der Waals surface area (Å²) in [5, 5.41) is 7.15. The molecular formula is C5H10N4O4S. The van der Waals surface area contributed by atoms with Crippen LogP contribution in [0.25, 0.3) is 0 Å². The Kier molecular flexibility index (Phi) is 2.93. The largest absolute Gasteiger partial charge is 0.394 e. The van der Waals surface area contributed by atoms with Gasteiger partial charge in [-0.1, -0.05) is 0 Å². The number of nitrogens with two attached hydrogens (primary N) is 1.